The number of anilines is 1. The highest BCUT2D eigenvalue weighted by Crippen LogP contribution is 2.28. The molecule has 0 aromatic heterocycles. The van der Waals surface area contributed by atoms with Crippen LogP contribution in [0.2, 0.25) is 0 Å². The van der Waals surface area contributed by atoms with Crippen LogP contribution in [-0.2, 0) is 4.79 Å². The maximum atomic E-state index is 12.6. The van der Waals surface area contributed by atoms with E-state index in [1.54, 1.807) is 12.1 Å². The summed E-state index contributed by atoms with van der Waals surface area (Å²) >= 11 is 0. The Morgan fingerprint density at radius 3 is 2.39 bits per heavy atom. The van der Waals surface area contributed by atoms with E-state index in [1.165, 1.54) is 43.3 Å². The van der Waals surface area contributed by atoms with E-state index in [4.69, 9.17) is 9.47 Å². The lowest BCUT2D eigenvalue weighted by molar-refractivity contribution is -0.274. The minimum Gasteiger partial charge on any atom is -0.493 e. The smallest absolute Gasteiger partial charge is 0.493 e. The lowest BCUT2D eigenvalue weighted by Gasteiger charge is -2.18. The lowest BCUT2D eigenvalue weighted by atomic mass is 10.1. The van der Waals surface area contributed by atoms with Crippen molar-refractivity contribution < 1.29 is 37.0 Å². The first-order valence-electron chi connectivity index (χ1n) is 8.96. The topological polar surface area (TPSA) is 77.1 Å². The van der Waals surface area contributed by atoms with Crippen LogP contribution >= 0.6 is 0 Å². The first-order chi connectivity index (χ1) is 14.6. The van der Waals surface area contributed by atoms with Gasteiger partial charge in [-0.25, -0.2) is 0 Å². The third-order valence-electron chi connectivity index (χ3n) is 3.87. The molecular weight excluding hydrogens is 417 g/mol. The Hall–Kier alpha value is -3.69. The molecule has 2 aromatic carbocycles. The molecule has 0 radical (unpaired) electrons. The average molecular weight is 438 g/mol. The average Bonchev–Trinajstić information content (AvgIpc) is 2.71. The molecule has 10 heteroatoms. The van der Waals surface area contributed by atoms with Crippen LogP contribution in [0.15, 0.2) is 55.1 Å². The van der Waals surface area contributed by atoms with Crippen LogP contribution < -0.4 is 19.5 Å². The largest absolute Gasteiger partial charge is 0.573 e. The maximum absolute atomic E-state index is 12.6. The van der Waals surface area contributed by atoms with E-state index in [0.717, 1.165) is 12.1 Å². The summed E-state index contributed by atoms with van der Waals surface area (Å²) in [5.74, 6) is -0.577. The van der Waals surface area contributed by atoms with Crippen molar-refractivity contribution in [1.82, 2.24) is 4.90 Å². The van der Waals surface area contributed by atoms with Crippen LogP contribution in [0.1, 0.15) is 10.4 Å². The molecule has 7 nitrogen and oxygen atoms in total. The molecule has 166 valence electrons. The van der Waals surface area contributed by atoms with E-state index in [1.807, 2.05) is 0 Å². The van der Waals surface area contributed by atoms with E-state index in [9.17, 15) is 22.8 Å². The van der Waals surface area contributed by atoms with E-state index in [-0.39, 0.29) is 24.4 Å². The van der Waals surface area contributed by atoms with Gasteiger partial charge in [0, 0.05) is 18.3 Å². The molecule has 1 N–H and O–H groups in total. The third-order valence-corrected chi connectivity index (χ3v) is 3.87. The Labute approximate surface area is 177 Å². The second-order valence-corrected chi connectivity index (χ2v) is 6.25. The fourth-order valence-corrected chi connectivity index (χ4v) is 2.52. The number of carbonyl (C=O) groups excluding carboxylic acids is 2. The summed E-state index contributed by atoms with van der Waals surface area (Å²) in [5.41, 5.74) is 0.539. The molecule has 2 amide bonds. The molecule has 0 aliphatic carbocycles. The predicted molar refractivity (Wildman–Crippen MR) is 107 cm³/mol. The van der Waals surface area contributed by atoms with Gasteiger partial charge in [-0.05, 0) is 42.5 Å². The van der Waals surface area contributed by atoms with Crippen molar-refractivity contribution in [2.24, 2.45) is 0 Å². The molecule has 2 aromatic rings. The summed E-state index contributed by atoms with van der Waals surface area (Å²) in [6.07, 6.45) is -3.23. The van der Waals surface area contributed by atoms with Crippen molar-refractivity contribution in [3.63, 3.8) is 0 Å². The van der Waals surface area contributed by atoms with Gasteiger partial charge in [-0.15, -0.1) is 13.2 Å². The van der Waals surface area contributed by atoms with Crippen LogP contribution in [0.3, 0.4) is 0 Å². The number of nitrogens with one attached hydrogen (secondary N) is 1. The Kier molecular flexibility index (Phi) is 7.89. The summed E-state index contributed by atoms with van der Waals surface area (Å²) in [6, 6.07) is 9.27. The SMILES string of the molecule is C=CCOc1ccc(C(=O)N(C)CC(=O)Nc2ccc(OC(F)(F)F)cc2)cc1OC. The summed E-state index contributed by atoms with van der Waals surface area (Å²) in [6.45, 7) is 3.55. The molecule has 0 saturated heterocycles. The molecule has 0 bridgehead atoms. The van der Waals surface area contributed by atoms with Crippen molar-refractivity contribution in [1.29, 1.82) is 0 Å². The van der Waals surface area contributed by atoms with Crippen molar-refractivity contribution in [2.75, 3.05) is 32.6 Å². The van der Waals surface area contributed by atoms with Gasteiger partial charge in [-0.1, -0.05) is 12.7 Å². The highest BCUT2D eigenvalue weighted by Gasteiger charge is 2.31. The number of alkyl halides is 3. The Balaban J connectivity index is 1.97. The van der Waals surface area contributed by atoms with Crippen molar-refractivity contribution in [3.05, 3.63) is 60.7 Å². The number of nitrogens with zero attached hydrogens (tertiary/aromatic N) is 1. The molecule has 0 aliphatic rings. The fraction of sp³-hybridized carbons (Fsp3) is 0.238. The predicted octanol–water partition coefficient (Wildman–Crippen LogP) is 3.87. The van der Waals surface area contributed by atoms with Gasteiger partial charge < -0.3 is 24.4 Å². The number of amides is 2. The van der Waals surface area contributed by atoms with Gasteiger partial charge >= 0.3 is 6.36 Å². The number of ether oxygens (including phenoxy) is 3. The Bertz CT molecular complexity index is 930. The quantitative estimate of drug-likeness (QED) is 0.602. The Morgan fingerprint density at radius 2 is 1.81 bits per heavy atom. The molecule has 31 heavy (non-hydrogen) atoms. The summed E-state index contributed by atoms with van der Waals surface area (Å²) in [4.78, 5) is 26.0. The van der Waals surface area contributed by atoms with Gasteiger partial charge in [0.1, 0.15) is 12.4 Å². The van der Waals surface area contributed by atoms with E-state index < -0.39 is 23.9 Å². The number of methoxy groups -OCH3 is 1. The molecule has 0 heterocycles. The highest BCUT2D eigenvalue weighted by molar-refractivity contribution is 5.99. The molecule has 2 rings (SSSR count). The zero-order chi connectivity index (χ0) is 23.0. The molecule has 0 unspecified atom stereocenters. The second kappa shape index (κ2) is 10.4. The van der Waals surface area contributed by atoms with Gasteiger partial charge in [-0.2, -0.15) is 0 Å². The summed E-state index contributed by atoms with van der Waals surface area (Å²) in [5, 5.41) is 2.50. The van der Waals surface area contributed by atoms with Crippen molar-refractivity contribution in [2.45, 2.75) is 6.36 Å². The standard InChI is InChI=1S/C21H21F3N2O5/c1-4-11-30-17-10-5-14(12-18(17)29-3)20(28)26(2)13-19(27)25-15-6-8-16(9-7-15)31-21(22,23)24/h4-10,12H,1,11,13H2,2-3H3,(H,25,27). The van der Waals surface area contributed by atoms with Crippen LogP contribution in [0.5, 0.6) is 17.2 Å². The summed E-state index contributed by atoms with van der Waals surface area (Å²) in [7, 11) is 2.88. The van der Waals surface area contributed by atoms with Gasteiger partial charge in [-0.3, -0.25) is 9.59 Å². The number of halogens is 3. The number of hydrogen-bond donors (Lipinski definition) is 1. The number of carbonyl (C=O) groups is 2. The number of hydrogen-bond acceptors (Lipinski definition) is 5. The normalized spacial score (nSPS) is 10.7. The Morgan fingerprint density at radius 1 is 1.13 bits per heavy atom. The van der Waals surface area contributed by atoms with Crippen LogP contribution in [0.25, 0.3) is 0 Å². The number of rotatable bonds is 9. The lowest BCUT2D eigenvalue weighted by Crippen LogP contribution is -2.34. The fourth-order valence-electron chi connectivity index (χ4n) is 2.52. The monoisotopic (exact) mass is 438 g/mol. The zero-order valence-corrected chi connectivity index (χ0v) is 16.9. The number of benzene rings is 2. The maximum Gasteiger partial charge on any atom is 0.573 e. The van der Waals surface area contributed by atoms with Crippen molar-refractivity contribution >= 4 is 17.5 Å². The molecule has 0 spiro atoms. The van der Waals surface area contributed by atoms with E-state index in [2.05, 4.69) is 16.6 Å². The first kappa shape index (κ1) is 23.6. The van der Waals surface area contributed by atoms with E-state index in [0.29, 0.717) is 11.5 Å². The third kappa shape index (κ3) is 7.25. The van der Waals surface area contributed by atoms with Gasteiger partial charge in [0.15, 0.2) is 11.5 Å². The number of likely N-dealkylation sites (N-methyl/N-ethyl adjacent to an activating group) is 1. The molecule has 0 fully saturated rings. The first-order valence-corrected chi connectivity index (χ1v) is 8.96. The van der Waals surface area contributed by atoms with Crippen LogP contribution in [0, 0.1) is 0 Å². The molecular formula is C21H21F3N2O5. The van der Waals surface area contributed by atoms with Crippen molar-refractivity contribution in [3.8, 4) is 17.2 Å². The zero-order valence-electron chi connectivity index (χ0n) is 16.9. The van der Waals surface area contributed by atoms with Gasteiger partial charge in [0.05, 0.1) is 13.7 Å². The van der Waals surface area contributed by atoms with Crippen LogP contribution in [0.4, 0.5) is 18.9 Å². The molecule has 0 atom stereocenters. The van der Waals surface area contributed by atoms with E-state index >= 15 is 0 Å². The molecule has 0 aliphatic heterocycles. The summed E-state index contributed by atoms with van der Waals surface area (Å²) < 4.78 is 51.0. The van der Waals surface area contributed by atoms with Crippen LogP contribution in [-0.4, -0.2) is 50.4 Å². The van der Waals surface area contributed by atoms with Gasteiger partial charge in [0.25, 0.3) is 5.91 Å². The minimum atomic E-state index is -4.80. The van der Waals surface area contributed by atoms with Gasteiger partial charge in [0.2, 0.25) is 5.91 Å². The minimum absolute atomic E-state index is 0.255. The second-order valence-electron chi connectivity index (χ2n) is 6.25. The molecule has 0 saturated carbocycles. The highest BCUT2D eigenvalue weighted by atomic mass is 19.4.